The van der Waals surface area contributed by atoms with Crippen LogP contribution in [0.5, 0.6) is 0 Å². The van der Waals surface area contributed by atoms with Crippen molar-refractivity contribution in [1.29, 1.82) is 0 Å². The van der Waals surface area contributed by atoms with Crippen molar-refractivity contribution in [3.63, 3.8) is 0 Å². The number of benzene rings is 1. The summed E-state index contributed by atoms with van der Waals surface area (Å²) in [6.45, 7) is 1.07. The number of thiophene rings is 1. The summed E-state index contributed by atoms with van der Waals surface area (Å²) in [6.07, 6.45) is 2.09. The number of anilines is 1. The van der Waals surface area contributed by atoms with Gasteiger partial charge >= 0.3 is 0 Å². The predicted molar refractivity (Wildman–Crippen MR) is 91.2 cm³/mol. The van der Waals surface area contributed by atoms with Crippen molar-refractivity contribution in [3.8, 4) is 0 Å². The quantitative estimate of drug-likeness (QED) is 0.870. The largest absolute Gasteiger partial charge is 0.312 e. The monoisotopic (exact) mass is 350 g/mol. The Balaban J connectivity index is 1.64. The second-order valence-corrected chi connectivity index (χ2v) is 8.17. The van der Waals surface area contributed by atoms with E-state index in [0.29, 0.717) is 25.9 Å². The van der Waals surface area contributed by atoms with E-state index in [1.54, 1.807) is 40.5 Å². The molecule has 7 heteroatoms. The molecule has 0 unspecified atom stereocenters. The van der Waals surface area contributed by atoms with Gasteiger partial charge in [-0.3, -0.25) is 4.79 Å². The molecule has 0 spiro atoms. The van der Waals surface area contributed by atoms with E-state index in [-0.39, 0.29) is 10.8 Å². The topological polar surface area (TPSA) is 66.5 Å². The third kappa shape index (κ3) is 3.80. The van der Waals surface area contributed by atoms with Crippen molar-refractivity contribution in [1.82, 2.24) is 4.72 Å². The van der Waals surface area contributed by atoms with E-state index < -0.39 is 10.0 Å². The number of hydrogen-bond acceptors (Lipinski definition) is 4. The molecule has 3 rings (SSSR count). The highest BCUT2D eigenvalue weighted by Crippen LogP contribution is 2.22. The van der Waals surface area contributed by atoms with Crippen molar-refractivity contribution in [2.45, 2.75) is 24.2 Å². The summed E-state index contributed by atoms with van der Waals surface area (Å²) in [5.41, 5.74) is 0.755. The van der Waals surface area contributed by atoms with Gasteiger partial charge in [0.05, 0.1) is 4.90 Å². The van der Waals surface area contributed by atoms with Gasteiger partial charge in [-0.15, -0.1) is 11.3 Å². The zero-order valence-electron chi connectivity index (χ0n) is 12.6. The van der Waals surface area contributed by atoms with Gasteiger partial charge in [0.25, 0.3) is 0 Å². The number of hydrogen-bond donors (Lipinski definition) is 1. The Morgan fingerprint density at radius 1 is 1.17 bits per heavy atom. The molecule has 122 valence electrons. The van der Waals surface area contributed by atoms with Crippen LogP contribution in [0.3, 0.4) is 0 Å². The lowest BCUT2D eigenvalue weighted by atomic mass is 10.3. The number of carbonyl (C=O) groups excluding carboxylic acids is 1. The van der Waals surface area contributed by atoms with Gasteiger partial charge in [0.15, 0.2) is 0 Å². The van der Waals surface area contributed by atoms with Crippen LogP contribution in [0.4, 0.5) is 5.69 Å². The van der Waals surface area contributed by atoms with E-state index in [9.17, 15) is 13.2 Å². The summed E-state index contributed by atoms with van der Waals surface area (Å²) in [6, 6.07) is 10.4. The van der Waals surface area contributed by atoms with Gasteiger partial charge in [0.2, 0.25) is 15.9 Å². The molecule has 0 atom stereocenters. The molecule has 0 aliphatic carbocycles. The lowest BCUT2D eigenvalue weighted by Gasteiger charge is -2.16. The van der Waals surface area contributed by atoms with Crippen LogP contribution in [-0.2, 0) is 21.2 Å². The summed E-state index contributed by atoms with van der Waals surface area (Å²) < 4.78 is 27.1. The first kappa shape index (κ1) is 16.2. The molecule has 1 saturated heterocycles. The molecule has 23 heavy (non-hydrogen) atoms. The second-order valence-electron chi connectivity index (χ2n) is 5.37. The van der Waals surface area contributed by atoms with Crippen molar-refractivity contribution in [2.75, 3.05) is 18.0 Å². The van der Waals surface area contributed by atoms with Crippen molar-refractivity contribution in [2.24, 2.45) is 0 Å². The third-order valence-corrected chi connectivity index (χ3v) is 6.19. The van der Waals surface area contributed by atoms with Crippen molar-refractivity contribution < 1.29 is 13.2 Å². The molecule has 1 aromatic heterocycles. The molecule has 1 amide bonds. The Labute approximate surface area is 140 Å². The van der Waals surface area contributed by atoms with E-state index in [1.165, 1.54) is 0 Å². The Morgan fingerprint density at radius 2 is 1.96 bits per heavy atom. The van der Waals surface area contributed by atoms with Gasteiger partial charge < -0.3 is 4.90 Å². The molecule has 2 aromatic rings. The first-order chi connectivity index (χ1) is 11.1. The molecule has 1 N–H and O–H groups in total. The Kier molecular flexibility index (Phi) is 4.79. The number of nitrogens with one attached hydrogen (secondary N) is 1. The molecule has 0 bridgehead atoms. The molecular weight excluding hydrogens is 332 g/mol. The van der Waals surface area contributed by atoms with Crippen LogP contribution < -0.4 is 9.62 Å². The molecule has 5 nitrogen and oxygen atoms in total. The van der Waals surface area contributed by atoms with E-state index in [0.717, 1.165) is 17.0 Å². The van der Waals surface area contributed by atoms with Crippen LogP contribution in [0.2, 0.25) is 0 Å². The highest BCUT2D eigenvalue weighted by molar-refractivity contribution is 7.89. The van der Waals surface area contributed by atoms with Gasteiger partial charge in [-0.1, -0.05) is 6.07 Å². The van der Waals surface area contributed by atoms with E-state index in [4.69, 9.17) is 0 Å². The van der Waals surface area contributed by atoms with Crippen molar-refractivity contribution >= 4 is 33.0 Å². The molecule has 0 saturated carbocycles. The summed E-state index contributed by atoms with van der Waals surface area (Å²) in [5, 5.41) is 1.97. The zero-order chi connectivity index (χ0) is 16.3. The van der Waals surface area contributed by atoms with Crippen LogP contribution in [0.25, 0.3) is 0 Å². The summed E-state index contributed by atoms with van der Waals surface area (Å²) >= 11 is 1.61. The fourth-order valence-electron chi connectivity index (χ4n) is 2.57. The average molecular weight is 350 g/mol. The molecule has 2 heterocycles. The SMILES string of the molecule is O=C1CCCN1c1ccc(S(=O)(=O)NCCc2cccs2)cc1. The van der Waals surface area contributed by atoms with Crippen LogP contribution in [0, 0.1) is 0 Å². The molecule has 1 aromatic carbocycles. The lowest BCUT2D eigenvalue weighted by molar-refractivity contribution is -0.117. The van der Waals surface area contributed by atoms with Gasteiger partial charge in [0, 0.05) is 30.1 Å². The van der Waals surface area contributed by atoms with E-state index >= 15 is 0 Å². The normalized spacial score (nSPS) is 15.3. The minimum atomic E-state index is -3.52. The number of rotatable bonds is 6. The molecule has 1 fully saturated rings. The maximum absolute atomic E-state index is 12.3. The maximum Gasteiger partial charge on any atom is 0.240 e. The molecule has 1 aliphatic rings. The minimum Gasteiger partial charge on any atom is -0.312 e. The van der Waals surface area contributed by atoms with Crippen LogP contribution in [0.1, 0.15) is 17.7 Å². The lowest BCUT2D eigenvalue weighted by Crippen LogP contribution is -2.26. The summed E-state index contributed by atoms with van der Waals surface area (Å²) in [4.78, 5) is 14.8. The maximum atomic E-state index is 12.3. The summed E-state index contributed by atoms with van der Waals surface area (Å²) in [7, 11) is -3.52. The average Bonchev–Trinajstić information content (AvgIpc) is 3.19. The first-order valence-electron chi connectivity index (χ1n) is 7.49. The molecular formula is C16H18N2O3S2. The number of carbonyl (C=O) groups is 1. The van der Waals surface area contributed by atoms with Crippen LogP contribution >= 0.6 is 11.3 Å². The number of amides is 1. The van der Waals surface area contributed by atoms with Crippen LogP contribution in [-0.4, -0.2) is 27.4 Å². The van der Waals surface area contributed by atoms with Gasteiger partial charge in [-0.25, -0.2) is 13.1 Å². The second kappa shape index (κ2) is 6.82. The zero-order valence-corrected chi connectivity index (χ0v) is 14.2. The molecule has 1 aliphatic heterocycles. The fourth-order valence-corrected chi connectivity index (χ4v) is 4.31. The standard InChI is InChI=1S/C16H18N2O3S2/c19-16-4-1-11-18(16)13-5-7-15(8-6-13)23(20,21)17-10-9-14-3-2-12-22-14/h2-3,5-8,12,17H,1,4,9-11H2. The Hall–Kier alpha value is -1.70. The van der Waals surface area contributed by atoms with Gasteiger partial charge in [-0.05, 0) is 48.6 Å². The fraction of sp³-hybridized carbons (Fsp3) is 0.312. The third-order valence-electron chi connectivity index (χ3n) is 3.78. The highest BCUT2D eigenvalue weighted by Gasteiger charge is 2.22. The van der Waals surface area contributed by atoms with E-state index in [1.807, 2.05) is 17.5 Å². The number of nitrogens with zero attached hydrogens (tertiary/aromatic N) is 1. The van der Waals surface area contributed by atoms with Crippen molar-refractivity contribution in [3.05, 3.63) is 46.7 Å². The molecule has 0 radical (unpaired) electrons. The summed E-state index contributed by atoms with van der Waals surface area (Å²) in [5.74, 6) is 0.0923. The smallest absolute Gasteiger partial charge is 0.240 e. The minimum absolute atomic E-state index is 0.0923. The van der Waals surface area contributed by atoms with Crippen LogP contribution in [0.15, 0.2) is 46.7 Å². The Morgan fingerprint density at radius 3 is 2.57 bits per heavy atom. The highest BCUT2D eigenvalue weighted by atomic mass is 32.2. The first-order valence-corrected chi connectivity index (χ1v) is 9.85. The predicted octanol–water partition coefficient (Wildman–Crippen LogP) is 2.40. The van der Waals surface area contributed by atoms with E-state index in [2.05, 4.69) is 4.72 Å². The van der Waals surface area contributed by atoms with Gasteiger partial charge in [0.1, 0.15) is 0 Å². The number of sulfonamides is 1. The van der Waals surface area contributed by atoms with Gasteiger partial charge in [-0.2, -0.15) is 0 Å². The Bertz CT molecular complexity index is 768.